The molecule has 1 aliphatic rings. The van der Waals surface area contributed by atoms with E-state index in [0.29, 0.717) is 6.61 Å². The second-order valence-corrected chi connectivity index (χ2v) is 3.66. The van der Waals surface area contributed by atoms with Crippen molar-refractivity contribution in [3.63, 3.8) is 0 Å². The molecule has 0 bridgehead atoms. The number of aliphatic hydroxyl groups excluding tert-OH is 2. The van der Waals surface area contributed by atoms with E-state index in [1.54, 1.807) is 6.92 Å². The standard InChI is InChI=1S/C8H17BO4/c1-3-12-5-6(11)8(2,4-10)13-7(5)9/h5-7,10-11H,3-4,9H2,1-2H3/t5-,6+,7-,8-/m1/s1. The molecular weight excluding hydrogens is 171 g/mol. The van der Waals surface area contributed by atoms with Crippen molar-refractivity contribution in [2.45, 2.75) is 37.7 Å². The highest BCUT2D eigenvalue weighted by Crippen LogP contribution is 2.31. The van der Waals surface area contributed by atoms with Gasteiger partial charge in [0.2, 0.25) is 0 Å². The van der Waals surface area contributed by atoms with Gasteiger partial charge in [-0.2, -0.15) is 0 Å². The maximum atomic E-state index is 9.80. The van der Waals surface area contributed by atoms with Crippen molar-refractivity contribution in [3.8, 4) is 0 Å². The lowest BCUT2D eigenvalue weighted by molar-refractivity contribution is -0.0888. The van der Waals surface area contributed by atoms with Crippen LogP contribution in [0.2, 0.25) is 0 Å². The van der Waals surface area contributed by atoms with Gasteiger partial charge >= 0.3 is 0 Å². The summed E-state index contributed by atoms with van der Waals surface area (Å²) in [6.07, 6.45) is -1.09. The van der Waals surface area contributed by atoms with E-state index < -0.39 is 11.7 Å². The summed E-state index contributed by atoms with van der Waals surface area (Å²) in [6.45, 7) is 3.90. The van der Waals surface area contributed by atoms with Gasteiger partial charge in [-0.05, 0) is 13.8 Å². The topological polar surface area (TPSA) is 58.9 Å². The van der Waals surface area contributed by atoms with E-state index in [9.17, 15) is 5.11 Å². The lowest BCUT2D eigenvalue weighted by Gasteiger charge is -2.25. The first-order valence-corrected chi connectivity index (χ1v) is 4.63. The Hall–Kier alpha value is -0.0951. The summed E-state index contributed by atoms with van der Waals surface area (Å²) in [5, 5.41) is 18.9. The fourth-order valence-electron chi connectivity index (χ4n) is 1.72. The van der Waals surface area contributed by atoms with Crippen molar-refractivity contribution in [2.75, 3.05) is 13.2 Å². The zero-order chi connectivity index (χ0) is 10.1. The summed E-state index contributed by atoms with van der Waals surface area (Å²) in [5.74, 6) is 0. The van der Waals surface area contributed by atoms with Gasteiger partial charge in [-0.25, -0.2) is 0 Å². The summed E-state index contributed by atoms with van der Waals surface area (Å²) < 4.78 is 10.8. The Kier molecular flexibility index (Phi) is 3.35. The minimum atomic E-state index is -0.876. The second kappa shape index (κ2) is 3.96. The van der Waals surface area contributed by atoms with E-state index >= 15 is 0 Å². The van der Waals surface area contributed by atoms with Crippen molar-refractivity contribution >= 4 is 7.85 Å². The Labute approximate surface area is 79.3 Å². The fraction of sp³-hybridized carbons (Fsp3) is 1.00. The van der Waals surface area contributed by atoms with Crippen LogP contribution in [0.4, 0.5) is 0 Å². The predicted molar refractivity (Wildman–Crippen MR) is 50.3 cm³/mol. The number of hydrogen-bond acceptors (Lipinski definition) is 4. The Morgan fingerprint density at radius 3 is 2.62 bits per heavy atom. The molecule has 0 aromatic heterocycles. The molecule has 1 heterocycles. The van der Waals surface area contributed by atoms with Gasteiger partial charge in [0.15, 0.2) is 0 Å². The third kappa shape index (κ3) is 1.88. The molecule has 5 heteroatoms. The summed E-state index contributed by atoms with van der Waals surface area (Å²) >= 11 is 0. The highest BCUT2D eigenvalue weighted by atomic mass is 16.6. The van der Waals surface area contributed by atoms with Crippen molar-refractivity contribution in [1.29, 1.82) is 0 Å². The van der Waals surface area contributed by atoms with Gasteiger partial charge in [0.1, 0.15) is 25.7 Å². The molecule has 0 saturated carbocycles. The highest BCUT2D eigenvalue weighted by molar-refractivity contribution is 6.11. The van der Waals surface area contributed by atoms with Crippen LogP contribution in [-0.4, -0.2) is 55.1 Å². The fourth-order valence-corrected chi connectivity index (χ4v) is 1.72. The first-order chi connectivity index (χ1) is 6.05. The first kappa shape index (κ1) is 11.0. The van der Waals surface area contributed by atoms with Gasteiger partial charge in [-0.1, -0.05) is 0 Å². The zero-order valence-corrected chi connectivity index (χ0v) is 8.36. The van der Waals surface area contributed by atoms with Gasteiger partial charge in [0.05, 0.1) is 12.6 Å². The molecule has 0 aromatic rings. The maximum absolute atomic E-state index is 9.80. The lowest BCUT2D eigenvalue weighted by Crippen LogP contribution is -2.44. The second-order valence-electron chi connectivity index (χ2n) is 3.66. The van der Waals surface area contributed by atoms with E-state index in [0.717, 1.165) is 0 Å². The SMILES string of the molecule is B[C@@H]1O[C@](C)(CO)[C@@H](O)[C@H]1OCC. The smallest absolute Gasteiger partial charge is 0.142 e. The Balaban J connectivity index is 2.68. The molecule has 1 aliphatic heterocycles. The van der Waals surface area contributed by atoms with Gasteiger partial charge < -0.3 is 19.7 Å². The predicted octanol–water partition coefficient (Wildman–Crippen LogP) is -1.51. The van der Waals surface area contributed by atoms with Crippen LogP contribution in [0.25, 0.3) is 0 Å². The summed E-state index contributed by atoms with van der Waals surface area (Å²) in [5.41, 5.74) is -0.876. The zero-order valence-electron chi connectivity index (χ0n) is 8.36. The number of hydrogen-bond donors (Lipinski definition) is 2. The molecule has 13 heavy (non-hydrogen) atoms. The largest absolute Gasteiger partial charge is 0.393 e. The minimum Gasteiger partial charge on any atom is -0.393 e. The van der Waals surface area contributed by atoms with E-state index in [1.165, 1.54) is 0 Å². The molecule has 0 unspecified atom stereocenters. The average molecular weight is 188 g/mol. The summed E-state index contributed by atoms with van der Waals surface area (Å²) in [4.78, 5) is 0. The normalized spacial score (nSPS) is 45.4. The molecule has 4 nitrogen and oxygen atoms in total. The number of aliphatic hydroxyl groups is 2. The monoisotopic (exact) mass is 188 g/mol. The van der Waals surface area contributed by atoms with Crippen molar-refractivity contribution in [2.24, 2.45) is 0 Å². The van der Waals surface area contributed by atoms with E-state index in [1.807, 2.05) is 14.8 Å². The van der Waals surface area contributed by atoms with Gasteiger partial charge in [0, 0.05) is 6.61 Å². The molecule has 0 aliphatic carbocycles. The molecule has 1 rings (SSSR count). The van der Waals surface area contributed by atoms with Gasteiger partial charge in [0.25, 0.3) is 0 Å². The maximum Gasteiger partial charge on any atom is 0.142 e. The molecule has 1 saturated heterocycles. The molecule has 4 atom stereocenters. The number of rotatable bonds is 3. The quantitative estimate of drug-likeness (QED) is 0.529. The van der Waals surface area contributed by atoms with E-state index in [2.05, 4.69) is 0 Å². The van der Waals surface area contributed by atoms with Crippen LogP contribution in [0.5, 0.6) is 0 Å². The third-order valence-corrected chi connectivity index (χ3v) is 2.53. The molecule has 2 N–H and O–H groups in total. The highest BCUT2D eigenvalue weighted by Gasteiger charge is 2.49. The molecule has 76 valence electrons. The molecule has 0 spiro atoms. The Morgan fingerprint density at radius 2 is 2.23 bits per heavy atom. The Bertz CT molecular complexity index is 178. The first-order valence-electron chi connectivity index (χ1n) is 4.63. The Morgan fingerprint density at radius 1 is 1.62 bits per heavy atom. The molecule has 1 fully saturated rings. The van der Waals surface area contributed by atoms with Gasteiger partial charge in [-0.15, -0.1) is 0 Å². The number of ether oxygens (including phenoxy) is 2. The average Bonchev–Trinajstić information content (AvgIpc) is 2.31. The molecular formula is C8H17BO4. The lowest BCUT2D eigenvalue weighted by atomic mass is 9.90. The van der Waals surface area contributed by atoms with Crippen LogP contribution in [0.15, 0.2) is 0 Å². The van der Waals surface area contributed by atoms with Crippen LogP contribution in [-0.2, 0) is 9.47 Å². The molecule has 0 radical (unpaired) electrons. The van der Waals surface area contributed by atoms with Crippen molar-refractivity contribution < 1.29 is 19.7 Å². The summed E-state index contributed by atoms with van der Waals surface area (Å²) in [7, 11) is 1.84. The van der Waals surface area contributed by atoms with Gasteiger partial charge in [-0.3, -0.25) is 0 Å². The van der Waals surface area contributed by atoms with E-state index in [-0.39, 0.29) is 18.7 Å². The van der Waals surface area contributed by atoms with Crippen molar-refractivity contribution in [3.05, 3.63) is 0 Å². The molecule has 0 aromatic carbocycles. The van der Waals surface area contributed by atoms with Crippen LogP contribution in [0.3, 0.4) is 0 Å². The van der Waals surface area contributed by atoms with Crippen molar-refractivity contribution in [1.82, 2.24) is 0 Å². The van der Waals surface area contributed by atoms with Crippen LogP contribution >= 0.6 is 0 Å². The van der Waals surface area contributed by atoms with Crippen LogP contribution in [0.1, 0.15) is 13.8 Å². The third-order valence-electron chi connectivity index (χ3n) is 2.53. The minimum absolute atomic E-state index is 0.174. The van der Waals surface area contributed by atoms with E-state index in [4.69, 9.17) is 14.6 Å². The summed E-state index contributed by atoms with van der Waals surface area (Å²) in [6, 6.07) is -0.174. The molecule has 0 amide bonds. The van der Waals surface area contributed by atoms with Crippen LogP contribution < -0.4 is 0 Å². The van der Waals surface area contributed by atoms with Crippen LogP contribution in [0, 0.1) is 0 Å².